The molecule has 0 heteroatoms. The topological polar surface area (TPSA) is 0 Å². The Morgan fingerprint density at radius 2 is 1.73 bits per heavy atom. The summed E-state index contributed by atoms with van der Waals surface area (Å²) in [5, 5.41) is 0. The highest BCUT2D eigenvalue weighted by atomic mass is 14.6. The lowest BCUT2D eigenvalue weighted by Gasteiger charge is -2.61. The molecule has 0 aromatic heterocycles. The second-order valence-electron chi connectivity index (χ2n) is 5.43. The van der Waals surface area contributed by atoms with Gasteiger partial charge in [0, 0.05) is 0 Å². The Morgan fingerprint density at radius 1 is 1.09 bits per heavy atom. The van der Waals surface area contributed by atoms with E-state index in [2.05, 4.69) is 27.7 Å². The van der Waals surface area contributed by atoms with Gasteiger partial charge in [0.2, 0.25) is 0 Å². The van der Waals surface area contributed by atoms with Crippen LogP contribution in [-0.4, -0.2) is 0 Å². The zero-order valence-corrected chi connectivity index (χ0v) is 8.22. The fourth-order valence-electron chi connectivity index (χ4n) is 3.41. The second-order valence-corrected chi connectivity index (χ2v) is 5.43. The van der Waals surface area contributed by atoms with Crippen LogP contribution >= 0.6 is 0 Å². The maximum Gasteiger partial charge on any atom is -0.0295 e. The molecule has 3 fully saturated rings. The summed E-state index contributed by atoms with van der Waals surface area (Å²) in [5.74, 6) is 4.07. The van der Waals surface area contributed by atoms with Crippen LogP contribution in [0.1, 0.15) is 40.5 Å². The molecule has 64 valence electrons. The van der Waals surface area contributed by atoms with Gasteiger partial charge in [0.05, 0.1) is 0 Å². The standard InChI is InChI=1S/C11H20/c1-7-5-9-6-10(8(7)2)11(9,3)4/h7-10H,5-6H2,1-4H3/t7-,8+,9+,10+/m1/s1. The van der Waals surface area contributed by atoms with Crippen LogP contribution in [0, 0.1) is 29.1 Å². The van der Waals surface area contributed by atoms with Crippen LogP contribution in [0.5, 0.6) is 0 Å². The first-order valence-corrected chi connectivity index (χ1v) is 5.03. The lowest BCUT2D eigenvalue weighted by molar-refractivity contribution is -0.124. The SMILES string of the molecule is C[C@H]1[C@H](C)C[C@H]2C[C@@H]1C2(C)C. The van der Waals surface area contributed by atoms with E-state index in [0.29, 0.717) is 5.41 Å². The molecule has 0 amide bonds. The maximum atomic E-state index is 2.47. The molecule has 3 aliphatic carbocycles. The van der Waals surface area contributed by atoms with E-state index in [1.165, 1.54) is 12.8 Å². The molecular weight excluding hydrogens is 132 g/mol. The Balaban J connectivity index is 2.17. The predicted octanol–water partition coefficient (Wildman–Crippen LogP) is 3.32. The van der Waals surface area contributed by atoms with Crippen molar-refractivity contribution in [2.45, 2.75) is 40.5 Å². The van der Waals surface area contributed by atoms with Gasteiger partial charge in [-0.15, -0.1) is 0 Å². The Bertz CT molecular complexity index is 169. The molecule has 0 nitrogen and oxygen atoms in total. The van der Waals surface area contributed by atoms with E-state index in [1.807, 2.05) is 0 Å². The average molecular weight is 152 g/mol. The van der Waals surface area contributed by atoms with Gasteiger partial charge in [-0.3, -0.25) is 0 Å². The van der Waals surface area contributed by atoms with Gasteiger partial charge in [-0.1, -0.05) is 27.7 Å². The summed E-state index contributed by atoms with van der Waals surface area (Å²) >= 11 is 0. The molecule has 0 aromatic carbocycles. The minimum Gasteiger partial charge on any atom is -0.0622 e. The maximum absolute atomic E-state index is 2.47. The van der Waals surface area contributed by atoms with Gasteiger partial charge in [0.15, 0.2) is 0 Å². The van der Waals surface area contributed by atoms with Crippen molar-refractivity contribution >= 4 is 0 Å². The van der Waals surface area contributed by atoms with Gasteiger partial charge in [-0.05, 0) is 41.9 Å². The van der Waals surface area contributed by atoms with Gasteiger partial charge in [-0.25, -0.2) is 0 Å². The van der Waals surface area contributed by atoms with Crippen LogP contribution in [0.15, 0.2) is 0 Å². The third kappa shape index (κ3) is 0.816. The van der Waals surface area contributed by atoms with Crippen molar-refractivity contribution in [3.05, 3.63) is 0 Å². The molecule has 0 unspecified atom stereocenters. The van der Waals surface area contributed by atoms with E-state index >= 15 is 0 Å². The monoisotopic (exact) mass is 152 g/mol. The second kappa shape index (κ2) is 2.02. The highest BCUT2D eigenvalue weighted by Gasteiger charge is 2.54. The summed E-state index contributed by atoms with van der Waals surface area (Å²) in [6, 6.07) is 0. The van der Waals surface area contributed by atoms with Crippen molar-refractivity contribution in [2.24, 2.45) is 29.1 Å². The molecular formula is C11H20. The van der Waals surface area contributed by atoms with Crippen molar-refractivity contribution in [2.75, 3.05) is 0 Å². The van der Waals surface area contributed by atoms with E-state index in [0.717, 1.165) is 23.7 Å². The predicted molar refractivity (Wildman–Crippen MR) is 48.3 cm³/mol. The Kier molecular flexibility index (Phi) is 1.41. The van der Waals surface area contributed by atoms with Gasteiger partial charge >= 0.3 is 0 Å². The molecule has 0 aliphatic heterocycles. The molecule has 4 atom stereocenters. The molecule has 0 aromatic rings. The van der Waals surface area contributed by atoms with E-state index in [9.17, 15) is 0 Å². The van der Waals surface area contributed by atoms with Crippen molar-refractivity contribution in [1.29, 1.82) is 0 Å². The zero-order chi connectivity index (χ0) is 8.22. The van der Waals surface area contributed by atoms with E-state index in [1.54, 1.807) is 0 Å². The van der Waals surface area contributed by atoms with Crippen LogP contribution < -0.4 is 0 Å². The summed E-state index contributed by atoms with van der Waals surface area (Å²) in [6.07, 6.45) is 3.02. The Labute approximate surface area is 70.4 Å². The quantitative estimate of drug-likeness (QED) is 0.499. The third-order valence-corrected chi connectivity index (χ3v) is 4.73. The van der Waals surface area contributed by atoms with E-state index in [-0.39, 0.29) is 0 Å². The third-order valence-electron chi connectivity index (χ3n) is 4.73. The molecule has 0 N–H and O–H groups in total. The van der Waals surface area contributed by atoms with Crippen LogP contribution in [0.25, 0.3) is 0 Å². The highest BCUT2D eigenvalue weighted by Crippen LogP contribution is 2.62. The average Bonchev–Trinajstić information content (AvgIpc) is 1.93. The molecule has 0 radical (unpaired) electrons. The lowest BCUT2D eigenvalue weighted by atomic mass is 9.44. The summed E-state index contributed by atoms with van der Waals surface area (Å²) in [6.45, 7) is 9.81. The Morgan fingerprint density at radius 3 is 2.09 bits per heavy atom. The van der Waals surface area contributed by atoms with Gasteiger partial charge in [-0.2, -0.15) is 0 Å². The first-order valence-electron chi connectivity index (χ1n) is 5.03. The van der Waals surface area contributed by atoms with E-state index < -0.39 is 0 Å². The Hall–Kier alpha value is 0. The van der Waals surface area contributed by atoms with Gasteiger partial charge in [0.25, 0.3) is 0 Å². The van der Waals surface area contributed by atoms with Crippen molar-refractivity contribution in [1.82, 2.24) is 0 Å². The molecule has 2 bridgehead atoms. The summed E-state index contributed by atoms with van der Waals surface area (Å²) in [5.41, 5.74) is 0.686. The summed E-state index contributed by atoms with van der Waals surface area (Å²) in [7, 11) is 0. The smallest absolute Gasteiger partial charge is 0.0295 e. The van der Waals surface area contributed by atoms with Crippen LogP contribution in [-0.2, 0) is 0 Å². The summed E-state index contributed by atoms with van der Waals surface area (Å²) < 4.78 is 0. The summed E-state index contributed by atoms with van der Waals surface area (Å²) in [4.78, 5) is 0. The van der Waals surface area contributed by atoms with Crippen LogP contribution in [0.2, 0.25) is 0 Å². The molecule has 0 heterocycles. The number of rotatable bonds is 0. The molecule has 0 saturated heterocycles. The number of hydrogen-bond donors (Lipinski definition) is 0. The fourth-order valence-corrected chi connectivity index (χ4v) is 3.41. The largest absolute Gasteiger partial charge is 0.0622 e. The lowest BCUT2D eigenvalue weighted by Crippen LogP contribution is -2.54. The van der Waals surface area contributed by atoms with Gasteiger partial charge in [0.1, 0.15) is 0 Å². The molecule has 3 saturated carbocycles. The minimum atomic E-state index is 0.686. The number of fused-ring (bicyclic) bond motifs is 2. The van der Waals surface area contributed by atoms with Gasteiger partial charge < -0.3 is 0 Å². The fraction of sp³-hybridized carbons (Fsp3) is 1.00. The number of hydrogen-bond acceptors (Lipinski definition) is 0. The van der Waals surface area contributed by atoms with Crippen molar-refractivity contribution in [3.8, 4) is 0 Å². The zero-order valence-electron chi connectivity index (χ0n) is 8.22. The first-order chi connectivity index (χ1) is 5.03. The first kappa shape index (κ1) is 7.64. The molecule has 3 aliphatic rings. The minimum absolute atomic E-state index is 0.686. The normalized spacial score (nSPS) is 53.5. The van der Waals surface area contributed by atoms with Crippen molar-refractivity contribution in [3.63, 3.8) is 0 Å². The van der Waals surface area contributed by atoms with Crippen LogP contribution in [0.4, 0.5) is 0 Å². The van der Waals surface area contributed by atoms with Crippen LogP contribution in [0.3, 0.4) is 0 Å². The molecule has 11 heavy (non-hydrogen) atoms. The highest BCUT2D eigenvalue weighted by molar-refractivity contribution is 5.03. The molecule has 3 rings (SSSR count). The van der Waals surface area contributed by atoms with E-state index in [4.69, 9.17) is 0 Å². The molecule has 0 spiro atoms. The van der Waals surface area contributed by atoms with Crippen molar-refractivity contribution < 1.29 is 0 Å².